The van der Waals surface area contributed by atoms with Gasteiger partial charge in [0.25, 0.3) is 0 Å². The zero-order chi connectivity index (χ0) is 18.6. The second kappa shape index (κ2) is 8.25. The summed E-state index contributed by atoms with van der Waals surface area (Å²) in [5.74, 6) is 2.03. The normalized spacial score (nSPS) is 14.9. The van der Waals surface area contributed by atoms with Crippen molar-refractivity contribution in [3.05, 3.63) is 35.9 Å². The molecule has 1 saturated carbocycles. The molecular weight excluding hydrogens is 356 g/mol. The monoisotopic (exact) mass is 382 g/mol. The van der Waals surface area contributed by atoms with Crippen molar-refractivity contribution in [3.8, 4) is 0 Å². The van der Waals surface area contributed by atoms with E-state index in [9.17, 15) is 0 Å². The summed E-state index contributed by atoms with van der Waals surface area (Å²) in [6, 6.07) is 6.85. The SMILES string of the molecule is CSc1nnc(CCCNc2ncnc3ccc(C)cc23)n1C1CCCC1. The molecule has 0 saturated heterocycles. The van der Waals surface area contributed by atoms with Crippen molar-refractivity contribution < 1.29 is 0 Å². The molecule has 3 aromatic rings. The van der Waals surface area contributed by atoms with E-state index in [0.717, 1.165) is 47.1 Å². The van der Waals surface area contributed by atoms with Crippen LogP contribution in [0.4, 0.5) is 5.82 Å². The van der Waals surface area contributed by atoms with Gasteiger partial charge in [0.05, 0.1) is 5.52 Å². The fourth-order valence-electron chi connectivity index (χ4n) is 3.91. The molecule has 0 aliphatic heterocycles. The van der Waals surface area contributed by atoms with E-state index in [1.807, 2.05) is 6.07 Å². The zero-order valence-corrected chi connectivity index (χ0v) is 16.8. The number of fused-ring (bicyclic) bond motifs is 1. The van der Waals surface area contributed by atoms with Crippen LogP contribution in [0, 0.1) is 6.92 Å². The maximum absolute atomic E-state index is 4.48. The number of benzene rings is 1. The summed E-state index contributed by atoms with van der Waals surface area (Å²) in [6.07, 6.45) is 10.8. The first-order chi connectivity index (χ1) is 13.3. The number of rotatable bonds is 7. The van der Waals surface area contributed by atoms with Crippen molar-refractivity contribution in [2.45, 2.75) is 56.6 Å². The molecule has 7 heteroatoms. The minimum atomic E-state index is 0.583. The Hall–Kier alpha value is -2.15. The Bertz CT molecular complexity index is 916. The van der Waals surface area contributed by atoms with Crippen LogP contribution in [0.1, 0.15) is 49.5 Å². The number of nitrogens with zero attached hydrogens (tertiary/aromatic N) is 5. The van der Waals surface area contributed by atoms with E-state index in [-0.39, 0.29) is 0 Å². The van der Waals surface area contributed by atoms with E-state index in [1.54, 1.807) is 18.1 Å². The van der Waals surface area contributed by atoms with Gasteiger partial charge in [-0.05, 0) is 44.6 Å². The van der Waals surface area contributed by atoms with Crippen molar-refractivity contribution in [1.29, 1.82) is 0 Å². The summed E-state index contributed by atoms with van der Waals surface area (Å²) >= 11 is 1.70. The molecule has 2 aromatic heterocycles. The zero-order valence-electron chi connectivity index (χ0n) is 16.0. The number of aryl methyl sites for hydroxylation is 2. The van der Waals surface area contributed by atoms with Crippen LogP contribution in [0.5, 0.6) is 0 Å². The van der Waals surface area contributed by atoms with Crippen LogP contribution in [0.25, 0.3) is 10.9 Å². The molecule has 0 atom stereocenters. The number of aromatic nitrogens is 5. The van der Waals surface area contributed by atoms with Gasteiger partial charge in [0.2, 0.25) is 0 Å². The largest absolute Gasteiger partial charge is 0.369 e. The first-order valence-electron chi connectivity index (χ1n) is 9.69. The highest BCUT2D eigenvalue weighted by atomic mass is 32.2. The smallest absolute Gasteiger partial charge is 0.191 e. The molecule has 1 aromatic carbocycles. The van der Waals surface area contributed by atoms with Gasteiger partial charge in [0.15, 0.2) is 5.16 Å². The molecule has 27 heavy (non-hydrogen) atoms. The number of thioether (sulfide) groups is 1. The number of anilines is 1. The highest BCUT2D eigenvalue weighted by molar-refractivity contribution is 7.98. The molecule has 4 rings (SSSR count). The van der Waals surface area contributed by atoms with Crippen molar-refractivity contribution in [2.75, 3.05) is 18.1 Å². The average molecular weight is 383 g/mol. The molecule has 1 aliphatic carbocycles. The van der Waals surface area contributed by atoms with E-state index in [2.05, 4.69) is 55.4 Å². The van der Waals surface area contributed by atoms with Crippen LogP contribution in [0.15, 0.2) is 29.7 Å². The summed E-state index contributed by atoms with van der Waals surface area (Å²) < 4.78 is 2.39. The predicted molar refractivity (Wildman–Crippen MR) is 110 cm³/mol. The molecule has 0 bridgehead atoms. The van der Waals surface area contributed by atoms with Gasteiger partial charge in [-0.3, -0.25) is 0 Å². The second-order valence-electron chi connectivity index (χ2n) is 7.18. The van der Waals surface area contributed by atoms with E-state index in [1.165, 1.54) is 31.2 Å². The van der Waals surface area contributed by atoms with Gasteiger partial charge in [-0.2, -0.15) is 0 Å². The van der Waals surface area contributed by atoms with Gasteiger partial charge in [-0.15, -0.1) is 10.2 Å². The average Bonchev–Trinajstić information content (AvgIpc) is 3.34. The van der Waals surface area contributed by atoms with Crippen molar-refractivity contribution in [2.24, 2.45) is 0 Å². The van der Waals surface area contributed by atoms with E-state index in [0.29, 0.717) is 6.04 Å². The summed E-state index contributed by atoms with van der Waals surface area (Å²) in [6.45, 7) is 2.95. The lowest BCUT2D eigenvalue weighted by molar-refractivity contribution is 0.461. The molecule has 0 spiro atoms. The summed E-state index contributed by atoms with van der Waals surface area (Å²) in [7, 11) is 0. The van der Waals surface area contributed by atoms with Gasteiger partial charge in [0.1, 0.15) is 18.0 Å². The lowest BCUT2D eigenvalue weighted by atomic mass is 10.1. The van der Waals surface area contributed by atoms with Gasteiger partial charge < -0.3 is 9.88 Å². The second-order valence-corrected chi connectivity index (χ2v) is 7.96. The van der Waals surface area contributed by atoms with Gasteiger partial charge in [-0.25, -0.2) is 9.97 Å². The van der Waals surface area contributed by atoms with Crippen LogP contribution < -0.4 is 5.32 Å². The molecule has 1 fully saturated rings. The van der Waals surface area contributed by atoms with Gasteiger partial charge in [0, 0.05) is 24.4 Å². The quantitative estimate of drug-likeness (QED) is 0.482. The Kier molecular flexibility index (Phi) is 5.57. The van der Waals surface area contributed by atoms with Gasteiger partial charge in [-0.1, -0.05) is 36.2 Å². The van der Waals surface area contributed by atoms with Crippen LogP contribution >= 0.6 is 11.8 Å². The van der Waals surface area contributed by atoms with Crippen molar-refractivity contribution >= 4 is 28.5 Å². The summed E-state index contributed by atoms with van der Waals surface area (Å²) in [4.78, 5) is 8.78. The first-order valence-corrected chi connectivity index (χ1v) is 10.9. The molecule has 1 aliphatic rings. The Morgan fingerprint density at radius 3 is 2.85 bits per heavy atom. The summed E-state index contributed by atoms with van der Waals surface area (Å²) in [5.41, 5.74) is 2.19. The third kappa shape index (κ3) is 3.93. The fourth-order valence-corrected chi connectivity index (χ4v) is 4.48. The standard InChI is InChI=1S/C20H26N6S/c1-14-9-10-17-16(12-14)19(23-13-22-17)21-11-5-8-18-24-25-20(27-2)26(18)15-6-3-4-7-15/h9-10,12-13,15H,3-8,11H2,1-2H3,(H,21,22,23). The maximum Gasteiger partial charge on any atom is 0.191 e. The van der Waals surface area contributed by atoms with Crippen molar-refractivity contribution in [3.63, 3.8) is 0 Å². The van der Waals surface area contributed by atoms with Crippen LogP contribution in [-0.2, 0) is 6.42 Å². The van der Waals surface area contributed by atoms with E-state index < -0.39 is 0 Å². The van der Waals surface area contributed by atoms with Crippen LogP contribution in [0.3, 0.4) is 0 Å². The van der Waals surface area contributed by atoms with E-state index in [4.69, 9.17) is 0 Å². The molecule has 1 N–H and O–H groups in total. The Morgan fingerprint density at radius 1 is 1.19 bits per heavy atom. The highest BCUT2D eigenvalue weighted by Gasteiger charge is 2.23. The van der Waals surface area contributed by atoms with Crippen molar-refractivity contribution in [1.82, 2.24) is 24.7 Å². The van der Waals surface area contributed by atoms with E-state index >= 15 is 0 Å². The number of hydrogen-bond acceptors (Lipinski definition) is 6. The van der Waals surface area contributed by atoms with Crippen LogP contribution in [0.2, 0.25) is 0 Å². The molecule has 2 heterocycles. The number of hydrogen-bond donors (Lipinski definition) is 1. The Balaban J connectivity index is 1.41. The molecule has 142 valence electrons. The molecule has 0 amide bonds. The minimum Gasteiger partial charge on any atom is -0.369 e. The van der Waals surface area contributed by atoms with Crippen LogP contribution in [-0.4, -0.2) is 37.5 Å². The molecular formula is C20H26N6S. The Labute approximate surface area is 164 Å². The highest BCUT2D eigenvalue weighted by Crippen LogP contribution is 2.33. The third-order valence-corrected chi connectivity index (χ3v) is 5.91. The minimum absolute atomic E-state index is 0.583. The topological polar surface area (TPSA) is 68.5 Å². The lowest BCUT2D eigenvalue weighted by Gasteiger charge is -2.16. The molecule has 0 radical (unpaired) electrons. The van der Waals surface area contributed by atoms with Gasteiger partial charge >= 0.3 is 0 Å². The maximum atomic E-state index is 4.48. The Morgan fingerprint density at radius 2 is 2.04 bits per heavy atom. The lowest BCUT2D eigenvalue weighted by Crippen LogP contribution is -2.12. The first kappa shape index (κ1) is 18.2. The third-order valence-electron chi connectivity index (χ3n) is 5.27. The molecule has 0 unspecified atom stereocenters. The number of nitrogens with one attached hydrogen (secondary N) is 1. The molecule has 6 nitrogen and oxygen atoms in total. The fraction of sp³-hybridized carbons (Fsp3) is 0.500. The summed E-state index contributed by atoms with van der Waals surface area (Å²) in [5, 5.41) is 14.5. The predicted octanol–water partition coefficient (Wildman–Crippen LogP) is 4.41.